The maximum absolute atomic E-state index is 12.0. The lowest BCUT2D eigenvalue weighted by atomic mass is 10.1. The number of esters is 1. The number of hydrogen-bond acceptors (Lipinski definition) is 4. The van der Waals surface area contributed by atoms with Gasteiger partial charge in [-0.25, -0.2) is 0 Å². The maximum atomic E-state index is 12.0. The Labute approximate surface area is 117 Å². The fourth-order valence-corrected chi connectivity index (χ4v) is 1.74. The Morgan fingerprint density at radius 3 is 2.35 bits per heavy atom. The van der Waals surface area contributed by atoms with Crippen LogP contribution in [0.4, 0.5) is 8.78 Å². The van der Waals surface area contributed by atoms with E-state index in [9.17, 15) is 13.6 Å². The minimum Gasteiger partial charge on any atom is -0.465 e. The number of alkyl halides is 2. The van der Waals surface area contributed by atoms with Crippen LogP contribution in [0, 0.1) is 0 Å². The van der Waals surface area contributed by atoms with Gasteiger partial charge in [-0.1, -0.05) is 12.1 Å². The van der Waals surface area contributed by atoms with Crippen molar-refractivity contribution in [3.8, 4) is 5.75 Å². The van der Waals surface area contributed by atoms with Crippen LogP contribution in [0.15, 0.2) is 24.3 Å². The number of hydrogen-bond donors (Lipinski definition) is 1. The number of halogens is 2. The van der Waals surface area contributed by atoms with E-state index in [1.54, 1.807) is 26.0 Å². The van der Waals surface area contributed by atoms with E-state index < -0.39 is 12.7 Å². The van der Waals surface area contributed by atoms with Crippen molar-refractivity contribution in [3.05, 3.63) is 29.8 Å². The Morgan fingerprint density at radius 2 is 1.85 bits per heavy atom. The predicted molar refractivity (Wildman–Crippen MR) is 70.7 cm³/mol. The summed E-state index contributed by atoms with van der Waals surface area (Å²) in [5.74, 6) is -0.216. The normalized spacial score (nSPS) is 13.9. The van der Waals surface area contributed by atoms with E-state index >= 15 is 0 Å². The van der Waals surface area contributed by atoms with Crippen LogP contribution in [-0.4, -0.2) is 25.2 Å². The van der Waals surface area contributed by atoms with Gasteiger partial charge < -0.3 is 9.47 Å². The average Bonchev–Trinajstić information content (AvgIpc) is 2.39. The minimum absolute atomic E-state index is 0.106. The molecule has 1 rings (SSSR count). The number of carbonyl (C=O) groups is 1. The molecule has 0 aliphatic carbocycles. The molecule has 0 saturated heterocycles. The molecule has 4 nitrogen and oxygen atoms in total. The first-order valence-electron chi connectivity index (χ1n) is 6.41. The van der Waals surface area contributed by atoms with Crippen molar-refractivity contribution >= 4 is 5.97 Å². The second kappa shape index (κ2) is 7.79. The third-order valence-electron chi connectivity index (χ3n) is 2.75. The van der Waals surface area contributed by atoms with Crippen LogP contribution in [0.2, 0.25) is 0 Å². The van der Waals surface area contributed by atoms with Gasteiger partial charge in [-0.15, -0.1) is 0 Å². The summed E-state index contributed by atoms with van der Waals surface area (Å²) in [6.45, 7) is 2.83. The monoisotopic (exact) mass is 287 g/mol. The van der Waals surface area contributed by atoms with Crippen LogP contribution in [-0.2, 0) is 9.53 Å². The molecule has 0 fully saturated rings. The lowest BCUT2D eigenvalue weighted by Gasteiger charge is -2.19. The Bertz CT molecular complexity index is 423. The van der Waals surface area contributed by atoms with Crippen molar-refractivity contribution in [1.82, 2.24) is 5.32 Å². The summed E-state index contributed by atoms with van der Waals surface area (Å²) in [7, 11) is 0. The Kier molecular flexibility index (Phi) is 6.38. The molecule has 0 aromatic heterocycles. The zero-order chi connectivity index (χ0) is 15.1. The van der Waals surface area contributed by atoms with Crippen LogP contribution in [0.3, 0.4) is 0 Å². The van der Waals surface area contributed by atoms with Crippen molar-refractivity contribution in [3.63, 3.8) is 0 Å². The average molecular weight is 287 g/mol. The number of carbonyl (C=O) groups excluding carboxylic acids is 1. The second-order valence-corrected chi connectivity index (χ2v) is 4.31. The lowest BCUT2D eigenvalue weighted by molar-refractivity contribution is -0.145. The highest BCUT2D eigenvalue weighted by Gasteiger charge is 2.17. The lowest BCUT2D eigenvalue weighted by Crippen LogP contribution is -2.37. The molecule has 0 aliphatic rings. The predicted octanol–water partition coefficient (Wildman–Crippen LogP) is 2.89. The van der Waals surface area contributed by atoms with Crippen molar-refractivity contribution in [2.75, 3.05) is 6.61 Å². The standard InChI is InChI=1S/C14H19F2NO3/c1-4-19-13(18)10(3)17-9(2)11-5-7-12(8-6-11)20-14(15)16/h5-10,14,17H,4H2,1-3H3. The molecule has 2 atom stereocenters. The molecule has 0 amide bonds. The third kappa shape index (κ3) is 5.13. The van der Waals surface area contributed by atoms with E-state index in [2.05, 4.69) is 10.1 Å². The number of benzene rings is 1. The minimum atomic E-state index is -2.83. The van der Waals surface area contributed by atoms with Gasteiger partial charge in [0.1, 0.15) is 11.8 Å². The molecule has 0 spiro atoms. The number of nitrogens with one attached hydrogen (secondary N) is 1. The van der Waals surface area contributed by atoms with Gasteiger partial charge in [-0.05, 0) is 38.5 Å². The molecule has 112 valence electrons. The van der Waals surface area contributed by atoms with Gasteiger partial charge in [0.15, 0.2) is 0 Å². The summed E-state index contributed by atoms with van der Waals surface area (Å²) in [6.07, 6.45) is 0. The summed E-state index contributed by atoms with van der Waals surface area (Å²) in [5, 5.41) is 3.08. The highest BCUT2D eigenvalue weighted by molar-refractivity contribution is 5.75. The molecule has 0 heterocycles. The van der Waals surface area contributed by atoms with Gasteiger partial charge in [0.2, 0.25) is 0 Å². The van der Waals surface area contributed by atoms with E-state index in [1.807, 2.05) is 6.92 Å². The molecular weight excluding hydrogens is 268 g/mol. The van der Waals surface area contributed by atoms with Crippen molar-refractivity contribution < 1.29 is 23.0 Å². The molecule has 1 aromatic rings. The van der Waals surface area contributed by atoms with E-state index in [0.29, 0.717) is 6.61 Å². The highest BCUT2D eigenvalue weighted by atomic mass is 19.3. The largest absolute Gasteiger partial charge is 0.465 e. The van der Waals surface area contributed by atoms with Crippen molar-refractivity contribution in [1.29, 1.82) is 0 Å². The van der Waals surface area contributed by atoms with Gasteiger partial charge in [-0.2, -0.15) is 8.78 Å². The molecule has 1 aromatic carbocycles. The van der Waals surface area contributed by atoms with Crippen molar-refractivity contribution in [2.45, 2.75) is 39.5 Å². The first-order chi connectivity index (χ1) is 9.43. The summed E-state index contributed by atoms with van der Waals surface area (Å²) in [6, 6.07) is 5.72. The SMILES string of the molecule is CCOC(=O)C(C)NC(C)c1ccc(OC(F)F)cc1. The molecule has 1 N–H and O–H groups in total. The topological polar surface area (TPSA) is 47.6 Å². The number of rotatable bonds is 7. The van der Waals surface area contributed by atoms with Crippen molar-refractivity contribution in [2.24, 2.45) is 0 Å². The van der Waals surface area contributed by atoms with Gasteiger partial charge >= 0.3 is 12.6 Å². The molecule has 2 unspecified atom stereocenters. The first-order valence-corrected chi connectivity index (χ1v) is 6.41. The van der Waals surface area contributed by atoms with Gasteiger partial charge in [0.25, 0.3) is 0 Å². The highest BCUT2D eigenvalue weighted by Crippen LogP contribution is 2.19. The van der Waals surface area contributed by atoms with Crippen LogP contribution < -0.4 is 10.1 Å². The van der Waals surface area contributed by atoms with Crippen LogP contribution in [0.1, 0.15) is 32.4 Å². The fraction of sp³-hybridized carbons (Fsp3) is 0.500. The van der Waals surface area contributed by atoms with Gasteiger partial charge in [0, 0.05) is 6.04 Å². The number of ether oxygens (including phenoxy) is 2. The first kappa shape index (κ1) is 16.4. The van der Waals surface area contributed by atoms with E-state index in [-0.39, 0.29) is 17.8 Å². The molecule has 6 heteroatoms. The second-order valence-electron chi connectivity index (χ2n) is 4.31. The molecule has 0 bridgehead atoms. The molecule has 0 radical (unpaired) electrons. The molecule has 0 saturated carbocycles. The fourth-order valence-electron chi connectivity index (χ4n) is 1.74. The van der Waals surface area contributed by atoms with E-state index in [4.69, 9.17) is 4.74 Å². The molecule has 20 heavy (non-hydrogen) atoms. The zero-order valence-electron chi connectivity index (χ0n) is 11.7. The Hall–Kier alpha value is -1.69. The summed E-state index contributed by atoms with van der Waals surface area (Å²) < 4.78 is 33.2. The Morgan fingerprint density at radius 1 is 1.25 bits per heavy atom. The summed E-state index contributed by atoms with van der Waals surface area (Å²) >= 11 is 0. The van der Waals surface area contributed by atoms with E-state index in [1.165, 1.54) is 12.1 Å². The third-order valence-corrected chi connectivity index (χ3v) is 2.75. The van der Waals surface area contributed by atoms with Crippen LogP contribution in [0.5, 0.6) is 5.75 Å². The Balaban J connectivity index is 2.59. The molecule has 0 aliphatic heterocycles. The van der Waals surface area contributed by atoms with Gasteiger partial charge in [-0.3, -0.25) is 10.1 Å². The maximum Gasteiger partial charge on any atom is 0.387 e. The molecular formula is C14H19F2NO3. The van der Waals surface area contributed by atoms with Gasteiger partial charge in [0.05, 0.1) is 6.61 Å². The van der Waals surface area contributed by atoms with Crippen LogP contribution >= 0.6 is 0 Å². The summed E-state index contributed by atoms with van der Waals surface area (Å²) in [4.78, 5) is 11.5. The quantitative estimate of drug-likeness (QED) is 0.783. The van der Waals surface area contributed by atoms with E-state index in [0.717, 1.165) is 5.56 Å². The van der Waals surface area contributed by atoms with Crippen LogP contribution in [0.25, 0.3) is 0 Å². The smallest absolute Gasteiger partial charge is 0.387 e. The summed E-state index contributed by atoms with van der Waals surface area (Å²) in [5.41, 5.74) is 0.864. The zero-order valence-corrected chi connectivity index (χ0v) is 11.7.